The zero-order valence-electron chi connectivity index (χ0n) is 12.4. The van der Waals surface area contributed by atoms with Crippen LogP contribution in [0.1, 0.15) is 51.9 Å². The van der Waals surface area contributed by atoms with E-state index < -0.39 is 0 Å². The summed E-state index contributed by atoms with van der Waals surface area (Å²) in [4.78, 5) is 2.68. The van der Waals surface area contributed by atoms with E-state index in [9.17, 15) is 0 Å². The van der Waals surface area contributed by atoms with Crippen LogP contribution in [0.4, 0.5) is 0 Å². The minimum absolute atomic E-state index is 0.637. The maximum absolute atomic E-state index is 5.98. The van der Waals surface area contributed by atoms with Gasteiger partial charge in [-0.15, -0.1) is 0 Å². The van der Waals surface area contributed by atoms with Gasteiger partial charge in [0.15, 0.2) is 0 Å². The molecule has 0 radical (unpaired) electrons. The van der Waals surface area contributed by atoms with E-state index in [4.69, 9.17) is 5.73 Å². The largest absolute Gasteiger partial charge is 0.329 e. The van der Waals surface area contributed by atoms with Crippen LogP contribution >= 0.6 is 11.8 Å². The molecule has 0 spiro atoms. The van der Waals surface area contributed by atoms with Crippen molar-refractivity contribution >= 4 is 11.8 Å². The smallest absolute Gasteiger partial charge is 0.0218 e. The van der Waals surface area contributed by atoms with E-state index in [1.165, 1.54) is 63.8 Å². The standard InChI is InChI=1S/C15H32N2S/c1-3-6-14-7-4-10-17(11-9-14)15(13-16)8-5-12-18-2/h14-15H,3-13,16H2,1-2H3. The van der Waals surface area contributed by atoms with Gasteiger partial charge in [0.05, 0.1) is 0 Å². The lowest BCUT2D eigenvalue weighted by atomic mass is 9.96. The first kappa shape index (κ1) is 16.3. The summed E-state index contributed by atoms with van der Waals surface area (Å²) < 4.78 is 0. The van der Waals surface area contributed by atoms with Crippen LogP contribution < -0.4 is 5.73 Å². The van der Waals surface area contributed by atoms with Crippen LogP contribution in [-0.2, 0) is 0 Å². The number of hydrogen-bond acceptors (Lipinski definition) is 3. The van der Waals surface area contributed by atoms with Crippen LogP contribution in [0.3, 0.4) is 0 Å². The Morgan fingerprint density at radius 1 is 1.33 bits per heavy atom. The molecule has 2 N–H and O–H groups in total. The lowest BCUT2D eigenvalue weighted by Crippen LogP contribution is -2.41. The minimum Gasteiger partial charge on any atom is -0.329 e. The van der Waals surface area contributed by atoms with Crippen molar-refractivity contribution in [3.8, 4) is 0 Å². The number of nitrogens with two attached hydrogens (primary N) is 1. The Morgan fingerprint density at radius 3 is 2.83 bits per heavy atom. The van der Waals surface area contributed by atoms with Crippen LogP contribution in [0, 0.1) is 5.92 Å². The second-order valence-corrected chi connectivity index (χ2v) is 6.63. The van der Waals surface area contributed by atoms with Crippen LogP contribution in [0.15, 0.2) is 0 Å². The van der Waals surface area contributed by atoms with Crippen LogP contribution in [0.25, 0.3) is 0 Å². The summed E-state index contributed by atoms with van der Waals surface area (Å²) in [5.41, 5.74) is 5.98. The third kappa shape index (κ3) is 5.94. The lowest BCUT2D eigenvalue weighted by molar-refractivity contribution is 0.194. The van der Waals surface area contributed by atoms with E-state index in [-0.39, 0.29) is 0 Å². The first-order chi connectivity index (χ1) is 8.81. The predicted molar refractivity (Wildman–Crippen MR) is 84.3 cm³/mol. The van der Waals surface area contributed by atoms with Gasteiger partial charge in [-0.25, -0.2) is 0 Å². The van der Waals surface area contributed by atoms with Crippen molar-refractivity contribution in [2.24, 2.45) is 11.7 Å². The molecule has 3 heteroatoms. The zero-order chi connectivity index (χ0) is 13.2. The summed E-state index contributed by atoms with van der Waals surface area (Å²) in [6.07, 6.45) is 11.8. The van der Waals surface area contributed by atoms with Crippen LogP contribution in [0.5, 0.6) is 0 Å². The molecule has 2 unspecified atom stereocenters. The third-order valence-corrected chi connectivity index (χ3v) is 4.95. The average Bonchev–Trinajstić information content (AvgIpc) is 2.61. The normalized spacial score (nSPS) is 23.8. The quantitative estimate of drug-likeness (QED) is 0.687. The number of hydrogen-bond donors (Lipinski definition) is 1. The molecule has 1 aliphatic heterocycles. The second-order valence-electron chi connectivity index (χ2n) is 5.65. The van der Waals surface area contributed by atoms with Crippen molar-refractivity contribution < 1.29 is 0 Å². The molecule has 2 nitrogen and oxygen atoms in total. The maximum atomic E-state index is 5.98. The molecule has 108 valence electrons. The molecule has 0 amide bonds. The Bertz CT molecular complexity index is 199. The van der Waals surface area contributed by atoms with E-state index in [0.29, 0.717) is 6.04 Å². The van der Waals surface area contributed by atoms with E-state index in [1.54, 1.807) is 0 Å². The van der Waals surface area contributed by atoms with Gasteiger partial charge in [0, 0.05) is 12.6 Å². The molecule has 1 aliphatic rings. The van der Waals surface area contributed by atoms with Gasteiger partial charge in [-0.05, 0) is 63.1 Å². The molecule has 0 aliphatic carbocycles. The fourth-order valence-corrected chi connectivity index (χ4v) is 3.62. The molecule has 0 aromatic heterocycles. The highest BCUT2D eigenvalue weighted by atomic mass is 32.2. The average molecular weight is 273 g/mol. The molecule has 0 saturated carbocycles. The summed E-state index contributed by atoms with van der Waals surface area (Å²) in [6.45, 7) is 5.72. The molecule has 18 heavy (non-hydrogen) atoms. The van der Waals surface area contributed by atoms with E-state index in [1.807, 2.05) is 11.8 Å². The Balaban J connectivity index is 2.34. The summed E-state index contributed by atoms with van der Waals surface area (Å²) in [5, 5.41) is 0. The van der Waals surface area contributed by atoms with Crippen LogP contribution in [-0.4, -0.2) is 42.6 Å². The fraction of sp³-hybridized carbons (Fsp3) is 1.00. The van der Waals surface area contributed by atoms with Gasteiger partial charge in [-0.2, -0.15) is 11.8 Å². The highest BCUT2D eigenvalue weighted by Gasteiger charge is 2.21. The van der Waals surface area contributed by atoms with Gasteiger partial charge in [-0.3, -0.25) is 4.90 Å². The Kier molecular flexibility index (Phi) is 9.16. The summed E-state index contributed by atoms with van der Waals surface area (Å²) in [6, 6.07) is 0.637. The highest BCUT2D eigenvalue weighted by molar-refractivity contribution is 7.98. The molecule has 1 heterocycles. The molecule has 1 saturated heterocycles. The zero-order valence-corrected chi connectivity index (χ0v) is 13.2. The highest BCUT2D eigenvalue weighted by Crippen LogP contribution is 2.23. The number of rotatable bonds is 8. The molecule has 0 aromatic carbocycles. The monoisotopic (exact) mass is 272 g/mol. The van der Waals surface area contributed by atoms with Crippen molar-refractivity contribution in [3.63, 3.8) is 0 Å². The SMILES string of the molecule is CCCC1CCCN(C(CN)CCCSC)CC1. The second kappa shape index (κ2) is 10.1. The minimum atomic E-state index is 0.637. The summed E-state index contributed by atoms with van der Waals surface area (Å²) in [7, 11) is 0. The number of thioether (sulfide) groups is 1. The first-order valence-corrected chi connectivity index (χ1v) is 9.14. The van der Waals surface area contributed by atoms with Gasteiger partial charge >= 0.3 is 0 Å². The van der Waals surface area contributed by atoms with E-state index >= 15 is 0 Å². The van der Waals surface area contributed by atoms with Crippen molar-refractivity contribution in [3.05, 3.63) is 0 Å². The van der Waals surface area contributed by atoms with Crippen LogP contribution in [0.2, 0.25) is 0 Å². The topological polar surface area (TPSA) is 29.3 Å². The third-order valence-electron chi connectivity index (χ3n) is 4.25. The molecule has 1 fully saturated rings. The fourth-order valence-electron chi connectivity index (χ4n) is 3.16. The molecule has 0 bridgehead atoms. The predicted octanol–water partition coefficient (Wildman–Crippen LogP) is 3.36. The number of nitrogens with zero attached hydrogens (tertiary/aromatic N) is 1. The van der Waals surface area contributed by atoms with E-state index in [0.717, 1.165) is 12.5 Å². The van der Waals surface area contributed by atoms with Crippen molar-refractivity contribution in [1.82, 2.24) is 4.90 Å². The van der Waals surface area contributed by atoms with Crippen molar-refractivity contribution in [1.29, 1.82) is 0 Å². The van der Waals surface area contributed by atoms with Crippen molar-refractivity contribution in [2.75, 3.05) is 31.6 Å². The van der Waals surface area contributed by atoms with Gasteiger partial charge in [0.25, 0.3) is 0 Å². The first-order valence-electron chi connectivity index (χ1n) is 7.74. The molecule has 2 atom stereocenters. The van der Waals surface area contributed by atoms with Gasteiger partial charge in [0.1, 0.15) is 0 Å². The maximum Gasteiger partial charge on any atom is 0.0218 e. The Morgan fingerprint density at radius 2 is 2.17 bits per heavy atom. The molecule has 1 rings (SSSR count). The van der Waals surface area contributed by atoms with Gasteiger partial charge in [-0.1, -0.05) is 19.8 Å². The van der Waals surface area contributed by atoms with Crippen molar-refractivity contribution in [2.45, 2.75) is 57.9 Å². The van der Waals surface area contributed by atoms with E-state index in [2.05, 4.69) is 18.1 Å². The summed E-state index contributed by atoms with van der Waals surface area (Å²) >= 11 is 1.95. The summed E-state index contributed by atoms with van der Waals surface area (Å²) in [5.74, 6) is 2.26. The molecular weight excluding hydrogens is 240 g/mol. The molecular formula is C15H32N2S. The number of likely N-dealkylation sites (tertiary alicyclic amines) is 1. The van der Waals surface area contributed by atoms with Gasteiger partial charge in [0.2, 0.25) is 0 Å². The van der Waals surface area contributed by atoms with Gasteiger partial charge < -0.3 is 5.73 Å². The Labute approximate surface area is 118 Å². The molecule has 0 aromatic rings. The lowest BCUT2D eigenvalue weighted by Gasteiger charge is -2.29. The Hall–Kier alpha value is 0.270.